The Labute approximate surface area is 164 Å². The van der Waals surface area contributed by atoms with Crippen LogP contribution in [0.1, 0.15) is 53.7 Å². The van der Waals surface area contributed by atoms with Crippen molar-refractivity contribution in [1.29, 1.82) is 0 Å². The molecule has 2 aliphatic rings. The molecular weight excluding hydrogens is 361 g/mol. The first-order chi connectivity index (χ1) is 13.0. The number of rotatable bonds is 4. The van der Waals surface area contributed by atoms with Crippen molar-refractivity contribution in [3.05, 3.63) is 57.0 Å². The Morgan fingerprint density at radius 3 is 2.85 bits per heavy atom. The molecule has 1 saturated heterocycles. The van der Waals surface area contributed by atoms with E-state index in [4.69, 9.17) is 4.74 Å². The Morgan fingerprint density at radius 2 is 2.15 bits per heavy atom. The lowest BCUT2D eigenvalue weighted by molar-refractivity contribution is -0.114. The molecule has 1 aromatic carbocycles. The number of likely N-dealkylation sites (tertiary alicyclic amines) is 1. The number of ether oxygens (including phenoxy) is 1. The maximum atomic E-state index is 13.1. The second kappa shape index (κ2) is 7.63. The van der Waals surface area contributed by atoms with Crippen molar-refractivity contribution in [3.63, 3.8) is 0 Å². The molecule has 1 fully saturated rings. The van der Waals surface area contributed by atoms with Crippen LogP contribution in [0.2, 0.25) is 0 Å². The summed E-state index contributed by atoms with van der Waals surface area (Å²) in [4.78, 5) is 5.29. The molecule has 2 aliphatic heterocycles. The Bertz CT molecular complexity index is 790. The first-order valence-corrected chi connectivity index (χ1v) is 10.8. The van der Waals surface area contributed by atoms with E-state index in [2.05, 4.69) is 24.8 Å². The Kier molecular flexibility index (Phi) is 5.39. The van der Waals surface area contributed by atoms with Gasteiger partial charge in [-0.3, -0.25) is 4.90 Å². The number of halogens is 1. The number of nitrogens with zero attached hydrogens (tertiary/aromatic N) is 1. The van der Waals surface area contributed by atoms with Crippen molar-refractivity contribution >= 4 is 11.3 Å². The second-order valence-corrected chi connectivity index (χ2v) is 9.08. The highest BCUT2D eigenvalue weighted by molar-refractivity contribution is 7.12. The third kappa shape index (κ3) is 3.70. The molecule has 0 radical (unpaired) electrons. The number of hydrogen-bond donors (Lipinski definition) is 1. The maximum absolute atomic E-state index is 13.1. The number of aliphatic hydroxyl groups is 1. The first kappa shape index (κ1) is 19.1. The van der Waals surface area contributed by atoms with E-state index in [1.54, 1.807) is 12.1 Å². The molecule has 5 heteroatoms. The van der Waals surface area contributed by atoms with Crippen molar-refractivity contribution in [3.8, 4) is 0 Å². The van der Waals surface area contributed by atoms with Gasteiger partial charge in [0.15, 0.2) is 0 Å². The minimum atomic E-state index is -0.599. The van der Waals surface area contributed by atoms with Gasteiger partial charge in [0.2, 0.25) is 0 Å². The van der Waals surface area contributed by atoms with Crippen LogP contribution in [0.5, 0.6) is 0 Å². The normalized spacial score (nSPS) is 26.9. The van der Waals surface area contributed by atoms with E-state index >= 15 is 0 Å². The molecule has 3 heterocycles. The lowest BCUT2D eigenvalue weighted by Gasteiger charge is -2.47. The monoisotopic (exact) mass is 389 g/mol. The summed E-state index contributed by atoms with van der Waals surface area (Å²) in [7, 11) is 0. The van der Waals surface area contributed by atoms with Gasteiger partial charge in [-0.05, 0) is 55.5 Å². The van der Waals surface area contributed by atoms with Crippen molar-refractivity contribution in [2.45, 2.75) is 57.3 Å². The van der Waals surface area contributed by atoms with Crippen LogP contribution < -0.4 is 0 Å². The van der Waals surface area contributed by atoms with Crippen molar-refractivity contribution in [2.24, 2.45) is 0 Å². The van der Waals surface area contributed by atoms with E-state index in [1.807, 2.05) is 11.3 Å². The van der Waals surface area contributed by atoms with Gasteiger partial charge in [0.1, 0.15) is 5.82 Å². The van der Waals surface area contributed by atoms with Crippen LogP contribution in [-0.2, 0) is 23.2 Å². The van der Waals surface area contributed by atoms with Gasteiger partial charge in [-0.15, -0.1) is 11.3 Å². The first-order valence-electron chi connectivity index (χ1n) is 9.94. The predicted molar refractivity (Wildman–Crippen MR) is 107 cm³/mol. The highest BCUT2D eigenvalue weighted by atomic mass is 32.1. The zero-order chi connectivity index (χ0) is 19.0. The maximum Gasteiger partial charge on any atom is 0.123 e. The number of piperidine rings is 1. The molecule has 3 nitrogen and oxygen atoms in total. The molecule has 146 valence electrons. The van der Waals surface area contributed by atoms with E-state index in [-0.39, 0.29) is 11.4 Å². The molecule has 0 amide bonds. The van der Waals surface area contributed by atoms with Gasteiger partial charge in [0, 0.05) is 35.3 Å². The molecule has 27 heavy (non-hydrogen) atoms. The van der Waals surface area contributed by atoms with Crippen molar-refractivity contribution in [1.82, 2.24) is 4.90 Å². The number of benzene rings is 1. The predicted octanol–water partition coefficient (Wildman–Crippen LogP) is 4.44. The van der Waals surface area contributed by atoms with Crippen LogP contribution in [0.15, 0.2) is 30.3 Å². The Balaban J connectivity index is 1.47. The fraction of sp³-hybridized carbons (Fsp3) is 0.545. The summed E-state index contributed by atoms with van der Waals surface area (Å²) in [6, 6.07) is 8.85. The number of thiophene rings is 1. The van der Waals surface area contributed by atoms with Gasteiger partial charge in [-0.25, -0.2) is 4.39 Å². The van der Waals surface area contributed by atoms with E-state index in [0.717, 1.165) is 44.4 Å². The van der Waals surface area contributed by atoms with Crippen LogP contribution in [0, 0.1) is 5.82 Å². The number of aliphatic hydroxyl groups excluding tert-OH is 1. The molecule has 4 rings (SSSR count). The molecule has 0 aliphatic carbocycles. The summed E-state index contributed by atoms with van der Waals surface area (Å²) >= 11 is 1.95. The number of fused-ring (bicyclic) bond motifs is 2. The zero-order valence-electron chi connectivity index (χ0n) is 16.1. The van der Waals surface area contributed by atoms with E-state index in [9.17, 15) is 9.50 Å². The number of β-amino-alcohol motifs (C(OH)–C–C–N with tert-alkyl or cyclic N) is 1. The minimum Gasteiger partial charge on any atom is -0.387 e. The molecular formula is C22H28FNO2S. The lowest BCUT2D eigenvalue weighted by Crippen LogP contribution is -2.51. The summed E-state index contributed by atoms with van der Waals surface area (Å²) in [5.41, 5.74) is 2.03. The standard InChI is InChI=1S/C22H28FNO2S/c1-3-18-12-19-21(27-18)8-11-26-22(19)9-10-24(15(2)13-22)14-20(25)16-4-6-17(23)7-5-16/h4-7,12,15,20,25H,3,8-11,13-14H2,1-2H3/t15-,20?,22+/m0/s1. The summed E-state index contributed by atoms with van der Waals surface area (Å²) in [5, 5.41) is 10.6. The van der Waals surface area contributed by atoms with Gasteiger partial charge in [0.05, 0.1) is 18.3 Å². The highest BCUT2D eigenvalue weighted by Crippen LogP contribution is 2.46. The lowest BCUT2D eigenvalue weighted by atomic mass is 9.79. The molecule has 1 N–H and O–H groups in total. The average Bonchev–Trinajstić information content (AvgIpc) is 3.10. The third-order valence-electron chi connectivity index (χ3n) is 6.12. The summed E-state index contributed by atoms with van der Waals surface area (Å²) in [6.07, 6.45) is 3.43. The van der Waals surface area contributed by atoms with Crippen LogP contribution in [0.25, 0.3) is 0 Å². The minimum absolute atomic E-state index is 0.158. The van der Waals surface area contributed by atoms with E-state index in [1.165, 1.54) is 27.5 Å². The SMILES string of the molecule is CCc1cc2c(s1)CCO[C@@]21CCN(CC(O)c2ccc(F)cc2)[C@@H](C)C1. The second-order valence-electron chi connectivity index (χ2n) is 7.86. The van der Waals surface area contributed by atoms with Gasteiger partial charge >= 0.3 is 0 Å². The summed E-state index contributed by atoms with van der Waals surface area (Å²) < 4.78 is 19.5. The van der Waals surface area contributed by atoms with Gasteiger partial charge in [-0.1, -0.05) is 19.1 Å². The molecule has 1 spiro atoms. The van der Waals surface area contributed by atoms with Gasteiger partial charge in [-0.2, -0.15) is 0 Å². The Morgan fingerprint density at radius 1 is 1.37 bits per heavy atom. The average molecular weight is 390 g/mol. The fourth-order valence-electron chi connectivity index (χ4n) is 4.56. The summed E-state index contributed by atoms with van der Waals surface area (Å²) in [5.74, 6) is -0.272. The van der Waals surface area contributed by atoms with Gasteiger partial charge < -0.3 is 9.84 Å². The number of hydrogen-bond acceptors (Lipinski definition) is 4. The van der Waals surface area contributed by atoms with E-state index in [0.29, 0.717) is 12.6 Å². The molecule has 2 aromatic rings. The third-order valence-corrected chi connectivity index (χ3v) is 7.46. The fourth-order valence-corrected chi connectivity index (χ4v) is 5.74. The molecule has 1 unspecified atom stereocenters. The largest absolute Gasteiger partial charge is 0.387 e. The number of aryl methyl sites for hydroxylation is 1. The van der Waals surface area contributed by atoms with Crippen LogP contribution in [-0.4, -0.2) is 35.7 Å². The molecule has 1 aromatic heterocycles. The van der Waals surface area contributed by atoms with Crippen LogP contribution in [0.4, 0.5) is 4.39 Å². The van der Waals surface area contributed by atoms with Gasteiger partial charge in [0.25, 0.3) is 0 Å². The van der Waals surface area contributed by atoms with Crippen LogP contribution >= 0.6 is 11.3 Å². The molecule has 0 saturated carbocycles. The van der Waals surface area contributed by atoms with Crippen LogP contribution in [0.3, 0.4) is 0 Å². The smallest absolute Gasteiger partial charge is 0.123 e. The van der Waals surface area contributed by atoms with Crippen molar-refractivity contribution < 1.29 is 14.2 Å². The molecule has 0 bridgehead atoms. The quantitative estimate of drug-likeness (QED) is 0.839. The zero-order valence-corrected chi connectivity index (χ0v) is 16.9. The molecule has 3 atom stereocenters. The van der Waals surface area contributed by atoms with Crippen molar-refractivity contribution in [2.75, 3.05) is 19.7 Å². The van der Waals surface area contributed by atoms with E-state index < -0.39 is 6.10 Å². The highest BCUT2D eigenvalue weighted by Gasteiger charge is 2.44. The Hall–Kier alpha value is -1.27. The topological polar surface area (TPSA) is 32.7 Å². The summed E-state index contributed by atoms with van der Waals surface area (Å²) in [6.45, 7) is 6.72.